The Hall–Kier alpha value is -2.83. The molecule has 0 fully saturated rings. The molecule has 1 heterocycles. The lowest BCUT2D eigenvalue weighted by molar-refractivity contribution is -0.137. The minimum absolute atomic E-state index is 0.111. The number of rotatable bonds is 7. The minimum Gasteiger partial charge on any atom is -0.481 e. The molecule has 0 aliphatic heterocycles. The van der Waals surface area contributed by atoms with E-state index in [9.17, 15) is 9.59 Å². The second-order valence-electron chi connectivity index (χ2n) is 5.63. The zero-order valence-electron chi connectivity index (χ0n) is 13.7. The number of alkyl carbamates (subject to hydrolysis) is 1. The number of ether oxygens (including phenoxy) is 1. The second-order valence-corrected chi connectivity index (χ2v) is 5.63. The van der Waals surface area contributed by atoms with Gasteiger partial charge in [-0.05, 0) is 12.5 Å². The molecule has 7 nitrogen and oxygen atoms in total. The lowest BCUT2D eigenvalue weighted by Gasteiger charge is -2.23. The molecule has 2 rings (SSSR count). The highest BCUT2D eigenvalue weighted by Gasteiger charge is 2.26. The average Bonchev–Trinajstić information content (AvgIpc) is 2.97. The summed E-state index contributed by atoms with van der Waals surface area (Å²) >= 11 is 0. The molecule has 7 heteroatoms. The summed E-state index contributed by atoms with van der Waals surface area (Å²) in [5.41, 5.74) is 1.63. The van der Waals surface area contributed by atoms with Crippen LogP contribution in [0.25, 0.3) is 0 Å². The van der Waals surface area contributed by atoms with E-state index < -0.39 is 24.0 Å². The molecular formula is C17H21N3O4. The number of carboxylic acid groups (broad SMARTS) is 1. The molecule has 2 atom stereocenters. The van der Waals surface area contributed by atoms with Crippen molar-refractivity contribution in [3.63, 3.8) is 0 Å². The predicted molar refractivity (Wildman–Crippen MR) is 87.4 cm³/mol. The molecule has 1 aromatic carbocycles. The lowest BCUT2D eigenvalue weighted by Crippen LogP contribution is -2.38. The highest BCUT2D eigenvalue weighted by Crippen LogP contribution is 2.23. The van der Waals surface area contributed by atoms with Crippen LogP contribution in [0.2, 0.25) is 0 Å². The van der Waals surface area contributed by atoms with Crippen LogP contribution in [-0.2, 0) is 23.2 Å². The maximum absolute atomic E-state index is 12.0. The number of amides is 1. The van der Waals surface area contributed by atoms with Crippen LogP contribution in [0.15, 0.2) is 42.9 Å². The average molecular weight is 331 g/mol. The summed E-state index contributed by atoms with van der Waals surface area (Å²) in [5, 5.41) is 11.8. The molecule has 0 bridgehead atoms. The van der Waals surface area contributed by atoms with Gasteiger partial charge in [0.1, 0.15) is 6.61 Å². The standard InChI is InChI=1S/C17H21N3O4/c1-12(14(8-16(21)22)15-9-18-11-20(15)2)19-17(23)24-10-13-6-4-3-5-7-13/h3-7,9,11-12,14H,8,10H2,1-2H3,(H,19,23)(H,21,22). The van der Waals surface area contributed by atoms with Crippen LogP contribution in [0.3, 0.4) is 0 Å². The molecule has 1 amide bonds. The fourth-order valence-electron chi connectivity index (χ4n) is 2.50. The smallest absolute Gasteiger partial charge is 0.407 e. The van der Waals surface area contributed by atoms with Gasteiger partial charge in [-0.15, -0.1) is 0 Å². The molecule has 2 aromatic rings. The van der Waals surface area contributed by atoms with Gasteiger partial charge in [-0.2, -0.15) is 0 Å². The molecule has 0 saturated carbocycles. The van der Waals surface area contributed by atoms with Crippen molar-refractivity contribution in [1.82, 2.24) is 14.9 Å². The number of aliphatic carboxylic acids is 1. The Morgan fingerprint density at radius 3 is 2.62 bits per heavy atom. The Balaban J connectivity index is 1.96. The van der Waals surface area contributed by atoms with Gasteiger partial charge in [-0.25, -0.2) is 9.78 Å². The third-order valence-corrected chi connectivity index (χ3v) is 3.79. The van der Waals surface area contributed by atoms with Crippen LogP contribution in [0.1, 0.15) is 30.5 Å². The molecule has 0 radical (unpaired) electrons. The van der Waals surface area contributed by atoms with Gasteiger partial charge >= 0.3 is 12.1 Å². The number of carboxylic acids is 1. The summed E-state index contributed by atoms with van der Waals surface area (Å²) in [6, 6.07) is 8.92. The van der Waals surface area contributed by atoms with Gasteiger partial charge < -0.3 is 19.7 Å². The fraction of sp³-hybridized carbons (Fsp3) is 0.353. The van der Waals surface area contributed by atoms with E-state index in [1.807, 2.05) is 30.3 Å². The minimum atomic E-state index is -0.937. The zero-order valence-corrected chi connectivity index (χ0v) is 13.7. The number of nitrogens with one attached hydrogen (secondary N) is 1. The van der Waals surface area contributed by atoms with Crippen molar-refractivity contribution < 1.29 is 19.4 Å². The number of aryl methyl sites for hydroxylation is 1. The Morgan fingerprint density at radius 1 is 1.33 bits per heavy atom. The first kappa shape index (κ1) is 17.5. The maximum atomic E-state index is 12.0. The van der Waals surface area contributed by atoms with Crippen LogP contribution in [-0.4, -0.2) is 32.8 Å². The predicted octanol–water partition coefficient (Wildman–Crippen LogP) is 2.29. The topological polar surface area (TPSA) is 93.4 Å². The van der Waals surface area contributed by atoms with Crippen LogP contribution < -0.4 is 5.32 Å². The van der Waals surface area contributed by atoms with E-state index in [-0.39, 0.29) is 13.0 Å². The molecule has 24 heavy (non-hydrogen) atoms. The quantitative estimate of drug-likeness (QED) is 0.812. The zero-order chi connectivity index (χ0) is 17.5. The monoisotopic (exact) mass is 331 g/mol. The van der Waals surface area contributed by atoms with Crippen LogP contribution in [0, 0.1) is 0 Å². The fourth-order valence-corrected chi connectivity index (χ4v) is 2.50. The lowest BCUT2D eigenvalue weighted by atomic mass is 9.94. The third kappa shape index (κ3) is 4.84. The van der Waals surface area contributed by atoms with Crippen molar-refractivity contribution in [2.75, 3.05) is 0 Å². The van der Waals surface area contributed by atoms with Gasteiger partial charge in [0.05, 0.1) is 12.7 Å². The number of nitrogens with zero attached hydrogens (tertiary/aromatic N) is 2. The number of hydrogen-bond donors (Lipinski definition) is 2. The first-order chi connectivity index (χ1) is 11.5. The SMILES string of the molecule is CC(NC(=O)OCc1ccccc1)C(CC(=O)O)c1cncn1C. The molecule has 1 aromatic heterocycles. The van der Waals surface area contributed by atoms with Gasteiger partial charge in [-0.3, -0.25) is 4.79 Å². The number of aromatic nitrogens is 2. The van der Waals surface area contributed by atoms with E-state index in [0.717, 1.165) is 11.3 Å². The number of hydrogen-bond acceptors (Lipinski definition) is 4. The highest BCUT2D eigenvalue weighted by molar-refractivity contribution is 5.70. The van der Waals surface area contributed by atoms with Crippen molar-refractivity contribution >= 4 is 12.1 Å². The Morgan fingerprint density at radius 2 is 2.04 bits per heavy atom. The first-order valence-electron chi connectivity index (χ1n) is 7.62. The maximum Gasteiger partial charge on any atom is 0.407 e. The first-order valence-corrected chi connectivity index (χ1v) is 7.62. The van der Waals surface area contributed by atoms with Crippen LogP contribution >= 0.6 is 0 Å². The van der Waals surface area contributed by atoms with Gasteiger partial charge in [0.2, 0.25) is 0 Å². The van der Waals surface area contributed by atoms with E-state index in [2.05, 4.69) is 10.3 Å². The summed E-state index contributed by atoms with van der Waals surface area (Å²) in [6.45, 7) is 1.92. The summed E-state index contributed by atoms with van der Waals surface area (Å²) < 4.78 is 6.93. The largest absolute Gasteiger partial charge is 0.481 e. The molecule has 0 aliphatic carbocycles. The normalized spacial score (nSPS) is 13.1. The van der Waals surface area contributed by atoms with Gasteiger partial charge in [0, 0.05) is 30.9 Å². The van der Waals surface area contributed by atoms with E-state index >= 15 is 0 Å². The molecule has 0 saturated heterocycles. The van der Waals surface area contributed by atoms with Crippen molar-refractivity contribution in [3.05, 3.63) is 54.1 Å². The summed E-state index contributed by atoms with van der Waals surface area (Å²) in [6.07, 6.45) is 2.52. The molecule has 2 unspecified atom stereocenters. The van der Waals surface area contributed by atoms with Gasteiger partial charge in [0.15, 0.2) is 0 Å². The van der Waals surface area contributed by atoms with E-state index in [0.29, 0.717) is 0 Å². The molecular weight excluding hydrogens is 310 g/mol. The molecule has 128 valence electrons. The number of benzene rings is 1. The van der Waals surface area contributed by atoms with Crippen molar-refractivity contribution in [2.45, 2.75) is 31.9 Å². The van der Waals surface area contributed by atoms with Crippen LogP contribution in [0.4, 0.5) is 4.79 Å². The summed E-state index contributed by atoms with van der Waals surface area (Å²) in [5.74, 6) is -1.34. The van der Waals surface area contributed by atoms with Gasteiger partial charge in [-0.1, -0.05) is 30.3 Å². The van der Waals surface area contributed by atoms with Crippen molar-refractivity contribution in [1.29, 1.82) is 0 Å². The number of imidazole rings is 1. The van der Waals surface area contributed by atoms with Gasteiger partial charge in [0.25, 0.3) is 0 Å². The summed E-state index contributed by atoms with van der Waals surface area (Å²) in [7, 11) is 1.79. The van der Waals surface area contributed by atoms with Crippen molar-refractivity contribution in [2.24, 2.45) is 7.05 Å². The van der Waals surface area contributed by atoms with E-state index in [1.165, 1.54) is 0 Å². The van der Waals surface area contributed by atoms with Crippen molar-refractivity contribution in [3.8, 4) is 0 Å². The second kappa shape index (κ2) is 8.14. The Labute approximate surface area is 140 Å². The van der Waals surface area contributed by atoms with E-state index in [1.54, 1.807) is 31.1 Å². The third-order valence-electron chi connectivity index (χ3n) is 3.79. The summed E-state index contributed by atoms with van der Waals surface area (Å²) in [4.78, 5) is 27.1. The highest BCUT2D eigenvalue weighted by atomic mass is 16.5. The van der Waals surface area contributed by atoms with Crippen LogP contribution in [0.5, 0.6) is 0 Å². The molecule has 0 aliphatic rings. The number of carbonyl (C=O) groups is 2. The van der Waals surface area contributed by atoms with E-state index in [4.69, 9.17) is 9.84 Å². The Bertz CT molecular complexity index is 684. The Kier molecular flexibility index (Phi) is 5.95. The number of carbonyl (C=O) groups excluding carboxylic acids is 1. The molecule has 2 N–H and O–H groups in total. The molecule has 0 spiro atoms.